The Labute approximate surface area is 153 Å². The van der Waals surface area contributed by atoms with Crippen molar-refractivity contribution in [2.75, 3.05) is 6.54 Å². The third-order valence-corrected chi connectivity index (χ3v) is 9.34. The van der Waals surface area contributed by atoms with Crippen molar-refractivity contribution in [3.8, 4) is 0 Å². The highest BCUT2D eigenvalue weighted by Gasteiger charge is 2.43. The fourth-order valence-electron chi connectivity index (χ4n) is 3.61. The van der Waals surface area contributed by atoms with Gasteiger partial charge in [-0.15, -0.1) is 6.58 Å². The first kappa shape index (κ1) is 19.7. The van der Waals surface area contributed by atoms with E-state index in [1.54, 1.807) is 0 Å². The van der Waals surface area contributed by atoms with E-state index in [9.17, 15) is 4.79 Å². The van der Waals surface area contributed by atoms with Crippen LogP contribution in [-0.4, -0.2) is 38.4 Å². The molecule has 0 unspecified atom stereocenters. The molecule has 1 fully saturated rings. The summed E-state index contributed by atoms with van der Waals surface area (Å²) in [7, 11) is -1.78. The number of benzene rings is 1. The second kappa shape index (κ2) is 7.75. The number of nitrogens with one attached hydrogen (secondary N) is 2. The number of hydrogen-bond acceptors (Lipinski definition) is 3. The average molecular weight is 361 g/mol. The zero-order valence-electron chi connectivity index (χ0n) is 16.1. The van der Waals surface area contributed by atoms with Gasteiger partial charge in [0, 0.05) is 18.6 Å². The Balaban J connectivity index is 2.22. The highest BCUT2D eigenvalue weighted by molar-refractivity contribution is 6.91. The van der Waals surface area contributed by atoms with Gasteiger partial charge in [-0.05, 0) is 32.7 Å². The second-order valence-corrected chi connectivity index (χ2v) is 13.2. The molecule has 1 amide bonds. The van der Waals surface area contributed by atoms with Crippen LogP contribution in [0.15, 0.2) is 43.0 Å². The predicted molar refractivity (Wildman–Crippen MR) is 107 cm³/mol. The van der Waals surface area contributed by atoms with Crippen LogP contribution in [0.3, 0.4) is 0 Å². The van der Waals surface area contributed by atoms with Crippen LogP contribution in [0.1, 0.15) is 27.2 Å². The van der Waals surface area contributed by atoms with E-state index in [2.05, 4.69) is 60.6 Å². The maximum atomic E-state index is 12.3. The minimum Gasteiger partial charge on any atom is -0.444 e. The molecule has 0 bridgehead atoms. The van der Waals surface area contributed by atoms with Crippen molar-refractivity contribution in [3.05, 3.63) is 43.0 Å². The van der Waals surface area contributed by atoms with E-state index in [4.69, 9.17) is 4.74 Å². The van der Waals surface area contributed by atoms with Gasteiger partial charge >= 0.3 is 6.09 Å². The zero-order valence-corrected chi connectivity index (χ0v) is 17.1. The van der Waals surface area contributed by atoms with Crippen LogP contribution in [0.25, 0.3) is 0 Å². The number of piperidine rings is 1. The zero-order chi connectivity index (χ0) is 18.7. The van der Waals surface area contributed by atoms with E-state index in [0.29, 0.717) is 5.54 Å². The Morgan fingerprint density at radius 2 is 1.96 bits per heavy atom. The van der Waals surface area contributed by atoms with Crippen LogP contribution in [0.4, 0.5) is 4.79 Å². The molecule has 0 aliphatic carbocycles. The van der Waals surface area contributed by atoms with Crippen molar-refractivity contribution in [3.63, 3.8) is 0 Å². The largest absolute Gasteiger partial charge is 0.444 e. The third kappa shape index (κ3) is 5.19. The molecule has 0 spiro atoms. The molecule has 5 heteroatoms. The quantitative estimate of drug-likeness (QED) is 0.639. The van der Waals surface area contributed by atoms with Crippen molar-refractivity contribution >= 4 is 19.4 Å². The Morgan fingerprint density at radius 1 is 1.32 bits per heavy atom. The molecule has 25 heavy (non-hydrogen) atoms. The molecule has 4 nitrogen and oxygen atoms in total. The molecule has 0 aromatic heterocycles. The first-order chi connectivity index (χ1) is 11.6. The topological polar surface area (TPSA) is 50.4 Å². The van der Waals surface area contributed by atoms with Crippen LogP contribution >= 0.6 is 0 Å². The molecule has 1 aromatic carbocycles. The molecule has 1 saturated heterocycles. The molecule has 1 aliphatic heterocycles. The maximum absolute atomic E-state index is 12.3. The van der Waals surface area contributed by atoms with Gasteiger partial charge in [-0.25, -0.2) is 4.79 Å². The lowest BCUT2D eigenvalue weighted by Crippen LogP contribution is -2.61. The Kier molecular flexibility index (Phi) is 6.11. The van der Waals surface area contributed by atoms with E-state index in [1.807, 2.05) is 26.8 Å². The number of alkyl carbamates (subject to hydrolysis) is 1. The summed E-state index contributed by atoms with van der Waals surface area (Å²) in [6.45, 7) is 15.1. The molecular formula is C20H32N2O2Si. The number of ether oxygens (including phenoxy) is 1. The molecule has 0 saturated carbocycles. The first-order valence-corrected chi connectivity index (χ1v) is 12.1. The standard InChI is InChI=1S/C20H32N2O2Si/c1-7-15-13-18(25(5,6)16-11-9-8-10-12-16)17(14-21-15)22-19(23)24-20(2,3)4/h7-12,15,17-18,21H,1,13-14H2,2-6H3,(H,22,23)/t15-,17+,18-/m1/s1. The van der Waals surface area contributed by atoms with Crippen molar-refractivity contribution in [2.24, 2.45) is 0 Å². The predicted octanol–water partition coefficient (Wildman–Crippen LogP) is 3.41. The lowest BCUT2D eigenvalue weighted by Gasteiger charge is -2.44. The summed E-state index contributed by atoms with van der Waals surface area (Å²) in [4.78, 5) is 12.3. The van der Waals surface area contributed by atoms with Crippen molar-refractivity contribution in [1.82, 2.24) is 10.6 Å². The van der Waals surface area contributed by atoms with Gasteiger partial charge in [0.05, 0.1) is 8.07 Å². The molecule has 3 atom stereocenters. The Bertz CT molecular complexity index is 595. The average Bonchev–Trinajstić information content (AvgIpc) is 2.54. The highest BCUT2D eigenvalue weighted by atomic mass is 28.3. The highest BCUT2D eigenvalue weighted by Crippen LogP contribution is 2.33. The van der Waals surface area contributed by atoms with Crippen molar-refractivity contribution < 1.29 is 9.53 Å². The van der Waals surface area contributed by atoms with Crippen LogP contribution < -0.4 is 15.8 Å². The van der Waals surface area contributed by atoms with Gasteiger partial charge in [0.25, 0.3) is 0 Å². The summed E-state index contributed by atoms with van der Waals surface area (Å²) >= 11 is 0. The molecule has 1 heterocycles. The molecule has 0 radical (unpaired) electrons. The number of hydrogen-bond donors (Lipinski definition) is 2. The maximum Gasteiger partial charge on any atom is 0.407 e. The second-order valence-electron chi connectivity index (χ2n) is 8.43. The molecule has 1 aliphatic rings. The molecule has 2 rings (SSSR count). The SMILES string of the molecule is C=C[C@@H]1C[C@@H]([Si](C)(C)c2ccccc2)[C@@H](NC(=O)OC(C)(C)C)CN1. The van der Waals surface area contributed by atoms with Gasteiger partial charge in [0.1, 0.15) is 5.60 Å². The number of carbonyl (C=O) groups is 1. The molecule has 138 valence electrons. The van der Waals surface area contributed by atoms with E-state index < -0.39 is 13.7 Å². The minimum absolute atomic E-state index is 0.0629. The minimum atomic E-state index is -1.78. The fraction of sp³-hybridized carbons (Fsp3) is 0.550. The Morgan fingerprint density at radius 3 is 2.52 bits per heavy atom. The summed E-state index contributed by atoms with van der Waals surface area (Å²) in [5, 5.41) is 8.01. The summed E-state index contributed by atoms with van der Waals surface area (Å²) in [6.07, 6.45) is 2.63. The summed E-state index contributed by atoms with van der Waals surface area (Å²) in [6, 6.07) is 11.1. The molecule has 1 aromatic rings. The van der Waals surface area contributed by atoms with E-state index in [1.165, 1.54) is 5.19 Å². The summed E-state index contributed by atoms with van der Waals surface area (Å²) in [5.74, 6) is 0. The lowest BCUT2D eigenvalue weighted by atomic mass is 10.00. The fourth-order valence-corrected chi connectivity index (χ4v) is 7.14. The number of amides is 1. The van der Waals surface area contributed by atoms with Gasteiger partial charge < -0.3 is 15.4 Å². The van der Waals surface area contributed by atoms with Gasteiger partial charge in [-0.1, -0.05) is 54.7 Å². The van der Waals surface area contributed by atoms with Gasteiger partial charge in [0.15, 0.2) is 0 Å². The number of carbonyl (C=O) groups excluding carboxylic acids is 1. The molecule has 2 N–H and O–H groups in total. The Hall–Kier alpha value is -1.59. The monoisotopic (exact) mass is 360 g/mol. The normalized spacial score (nSPS) is 24.4. The van der Waals surface area contributed by atoms with Crippen LogP contribution in [0.5, 0.6) is 0 Å². The van der Waals surface area contributed by atoms with Crippen molar-refractivity contribution in [1.29, 1.82) is 0 Å². The summed E-state index contributed by atoms with van der Waals surface area (Å²) in [5.41, 5.74) is -0.0794. The first-order valence-electron chi connectivity index (χ1n) is 9.04. The molecular weight excluding hydrogens is 328 g/mol. The van der Waals surface area contributed by atoms with E-state index in [-0.39, 0.29) is 18.2 Å². The number of rotatable bonds is 4. The van der Waals surface area contributed by atoms with Crippen molar-refractivity contribution in [2.45, 2.75) is 63.5 Å². The van der Waals surface area contributed by atoms with Crippen LogP contribution in [0.2, 0.25) is 18.6 Å². The van der Waals surface area contributed by atoms with Crippen LogP contribution in [0, 0.1) is 0 Å². The third-order valence-electron chi connectivity index (χ3n) is 5.02. The van der Waals surface area contributed by atoms with Crippen LogP contribution in [-0.2, 0) is 4.74 Å². The van der Waals surface area contributed by atoms with Gasteiger partial charge in [-0.3, -0.25) is 0 Å². The van der Waals surface area contributed by atoms with Gasteiger partial charge in [-0.2, -0.15) is 0 Å². The summed E-state index contributed by atoms with van der Waals surface area (Å²) < 4.78 is 5.48. The lowest BCUT2D eigenvalue weighted by molar-refractivity contribution is 0.0494. The van der Waals surface area contributed by atoms with E-state index >= 15 is 0 Å². The van der Waals surface area contributed by atoms with Gasteiger partial charge in [0.2, 0.25) is 0 Å². The smallest absolute Gasteiger partial charge is 0.407 e. The van der Waals surface area contributed by atoms with E-state index in [0.717, 1.165) is 13.0 Å².